The van der Waals surface area contributed by atoms with E-state index >= 15 is 0 Å². The Hall–Kier alpha value is -1.06. The van der Waals surface area contributed by atoms with Crippen molar-refractivity contribution in [1.29, 1.82) is 0 Å². The van der Waals surface area contributed by atoms with Crippen molar-refractivity contribution < 1.29 is 0 Å². The molecule has 0 unspecified atom stereocenters. The van der Waals surface area contributed by atoms with Crippen LogP contribution in [0.2, 0.25) is 0 Å². The molecule has 1 aliphatic rings. The molecule has 0 aromatic carbocycles. The third kappa shape index (κ3) is 2.20. The van der Waals surface area contributed by atoms with Gasteiger partial charge in [0.15, 0.2) is 5.82 Å². The first-order valence-electron chi connectivity index (χ1n) is 4.84. The predicted octanol–water partition coefficient (Wildman–Crippen LogP) is 1.44. The maximum Gasteiger partial charge on any atom is 0.165 e. The van der Waals surface area contributed by atoms with Crippen LogP contribution in [0.4, 0.5) is 5.82 Å². The van der Waals surface area contributed by atoms with Crippen molar-refractivity contribution >= 4 is 5.82 Å². The largest absolute Gasteiger partial charge is 0.381 e. The number of rotatable bonds is 4. The van der Waals surface area contributed by atoms with Crippen LogP contribution in [-0.4, -0.2) is 15.0 Å². The molecule has 1 aliphatic carbocycles. The van der Waals surface area contributed by atoms with E-state index in [0.717, 1.165) is 6.54 Å². The Morgan fingerprint density at radius 3 is 2.92 bits per heavy atom. The van der Waals surface area contributed by atoms with Crippen molar-refractivity contribution in [2.45, 2.75) is 39.2 Å². The second-order valence-corrected chi connectivity index (χ2v) is 4.32. The molecule has 0 saturated heterocycles. The van der Waals surface area contributed by atoms with E-state index in [1.165, 1.54) is 25.7 Å². The number of nitrogen functional groups attached to an aromatic ring is 1. The van der Waals surface area contributed by atoms with Crippen LogP contribution >= 0.6 is 0 Å². The predicted molar refractivity (Wildman–Crippen MR) is 51.0 cm³/mol. The van der Waals surface area contributed by atoms with Crippen molar-refractivity contribution in [3.63, 3.8) is 0 Å². The lowest BCUT2D eigenvalue weighted by Gasteiger charge is -2.06. The van der Waals surface area contributed by atoms with Gasteiger partial charge in [-0.05, 0) is 31.1 Å². The minimum absolute atomic E-state index is 0.512. The van der Waals surface area contributed by atoms with Gasteiger partial charge in [-0.3, -0.25) is 4.68 Å². The van der Waals surface area contributed by atoms with Gasteiger partial charge in [0.05, 0.1) is 6.20 Å². The molecule has 4 heteroatoms. The van der Waals surface area contributed by atoms with Gasteiger partial charge in [0.25, 0.3) is 0 Å². The van der Waals surface area contributed by atoms with E-state index in [1.54, 1.807) is 6.20 Å². The monoisotopic (exact) mass is 180 g/mol. The molecule has 4 nitrogen and oxygen atoms in total. The first-order chi connectivity index (χ1) is 6.18. The fraction of sp³-hybridized carbons (Fsp3) is 0.778. The van der Waals surface area contributed by atoms with Gasteiger partial charge in [-0.15, -0.1) is 5.10 Å². The van der Waals surface area contributed by atoms with Crippen LogP contribution in [0.25, 0.3) is 0 Å². The molecule has 0 amide bonds. The molecule has 1 aromatic rings. The standard InChI is InChI=1S/C9H16N4/c1-9(4-5-9)3-2-6-13-7-8(10)11-12-13/h7H,2-6,10H2,1H3. The van der Waals surface area contributed by atoms with Gasteiger partial charge in [0, 0.05) is 6.54 Å². The summed E-state index contributed by atoms with van der Waals surface area (Å²) in [6, 6.07) is 0. The minimum Gasteiger partial charge on any atom is -0.381 e. The van der Waals surface area contributed by atoms with Crippen molar-refractivity contribution in [2.75, 3.05) is 5.73 Å². The summed E-state index contributed by atoms with van der Waals surface area (Å²) >= 11 is 0. The van der Waals surface area contributed by atoms with E-state index in [0.29, 0.717) is 11.2 Å². The summed E-state index contributed by atoms with van der Waals surface area (Å²) in [4.78, 5) is 0. The first kappa shape index (κ1) is 8.53. The number of anilines is 1. The van der Waals surface area contributed by atoms with Crippen LogP contribution in [0, 0.1) is 5.41 Å². The number of nitrogens with zero attached hydrogens (tertiary/aromatic N) is 3. The minimum atomic E-state index is 0.512. The van der Waals surface area contributed by atoms with Crippen LogP contribution in [0.5, 0.6) is 0 Å². The Bertz CT molecular complexity index is 288. The molecule has 72 valence electrons. The average Bonchev–Trinajstić information content (AvgIpc) is 2.65. The maximum absolute atomic E-state index is 5.45. The molecule has 1 fully saturated rings. The number of hydrogen-bond acceptors (Lipinski definition) is 3. The molecular weight excluding hydrogens is 164 g/mol. The van der Waals surface area contributed by atoms with Gasteiger partial charge in [-0.25, -0.2) is 0 Å². The normalized spacial score (nSPS) is 18.8. The summed E-state index contributed by atoms with van der Waals surface area (Å²) < 4.78 is 1.82. The molecule has 13 heavy (non-hydrogen) atoms. The summed E-state index contributed by atoms with van der Waals surface area (Å²) in [5.74, 6) is 0.512. The number of aryl methyl sites for hydroxylation is 1. The van der Waals surface area contributed by atoms with E-state index in [1.807, 2.05) is 4.68 Å². The molecule has 2 N–H and O–H groups in total. The lowest BCUT2D eigenvalue weighted by Crippen LogP contribution is -2.02. The molecule has 1 aromatic heterocycles. The Morgan fingerprint density at radius 2 is 2.38 bits per heavy atom. The average molecular weight is 180 g/mol. The molecule has 0 atom stereocenters. The van der Waals surface area contributed by atoms with Crippen LogP contribution < -0.4 is 5.73 Å². The summed E-state index contributed by atoms with van der Waals surface area (Å²) in [7, 11) is 0. The zero-order valence-corrected chi connectivity index (χ0v) is 8.03. The van der Waals surface area contributed by atoms with Gasteiger partial charge in [-0.2, -0.15) is 0 Å². The molecule has 1 saturated carbocycles. The first-order valence-corrected chi connectivity index (χ1v) is 4.84. The van der Waals surface area contributed by atoms with E-state index < -0.39 is 0 Å². The van der Waals surface area contributed by atoms with E-state index in [2.05, 4.69) is 17.2 Å². The number of hydrogen-bond donors (Lipinski definition) is 1. The highest BCUT2D eigenvalue weighted by Gasteiger charge is 2.36. The molecule has 0 aliphatic heterocycles. The van der Waals surface area contributed by atoms with E-state index in [4.69, 9.17) is 5.73 Å². The smallest absolute Gasteiger partial charge is 0.165 e. The quantitative estimate of drug-likeness (QED) is 0.762. The molecule has 0 radical (unpaired) electrons. The van der Waals surface area contributed by atoms with Gasteiger partial charge in [0.2, 0.25) is 0 Å². The van der Waals surface area contributed by atoms with Gasteiger partial charge in [0.1, 0.15) is 0 Å². The molecular formula is C9H16N4. The van der Waals surface area contributed by atoms with E-state index in [-0.39, 0.29) is 0 Å². The van der Waals surface area contributed by atoms with Crippen molar-refractivity contribution in [3.8, 4) is 0 Å². The molecule has 1 heterocycles. The Morgan fingerprint density at radius 1 is 1.62 bits per heavy atom. The zero-order valence-electron chi connectivity index (χ0n) is 8.03. The summed E-state index contributed by atoms with van der Waals surface area (Å²) in [5.41, 5.74) is 6.10. The van der Waals surface area contributed by atoms with Gasteiger partial charge in [-0.1, -0.05) is 12.1 Å². The molecule has 0 spiro atoms. The van der Waals surface area contributed by atoms with Gasteiger partial charge >= 0.3 is 0 Å². The molecule has 0 bridgehead atoms. The second-order valence-electron chi connectivity index (χ2n) is 4.32. The highest BCUT2D eigenvalue weighted by molar-refractivity contribution is 5.19. The Labute approximate surface area is 78.1 Å². The highest BCUT2D eigenvalue weighted by Crippen LogP contribution is 2.48. The van der Waals surface area contributed by atoms with Crippen LogP contribution in [0.3, 0.4) is 0 Å². The lowest BCUT2D eigenvalue weighted by atomic mass is 10.0. The zero-order chi connectivity index (χ0) is 9.31. The Balaban J connectivity index is 1.73. The maximum atomic E-state index is 5.45. The Kier molecular flexibility index (Phi) is 1.98. The van der Waals surface area contributed by atoms with Crippen LogP contribution in [-0.2, 0) is 6.54 Å². The fourth-order valence-electron chi connectivity index (χ4n) is 1.55. The van der Waals surface area contributed by atoms with Crippen molar-refractivity contribution in [2.24, 2.45) is 5.41 Å². The van der Waals surface area contributed by atoms with Crippen LogP contribution in [0.15, 0.2) is 6.20 Å². The van der Waals surface area contributed by atoms with Crippen molar-refractivity contribution in [1.82, 2.24) is 15.0 Å². The number of nitrogens with two attached hydrogens (primary N) is 1. The third-order valence-electron chi connectivity index (χ3n) is 2.83. The SMILES string of the molecule is CC1(CCCn2cc(N)nn2)CC1. The topological polar surface area (TPSA) is 56.7 Å². The number of aromatic nitrogens is 3. The van der Waals surface area contributed by atoms with Crippen molar-refractivity contribution in [3.05, 3.63) is 6.20 Å². The summed E-state index contributed by atoms with van der Waals surface area (Å²) in [5, 5.41) is 7.64. The highest BCUT2D eigenvalue weighted by atomic mass is 15.4. The third-order valence-corrected chi connectivity index (χ3v) is 2.83. The van der Waals surface area contributed by atoms with Gasteiger partial charge < -0.3 is 5.73 Å². The van der Waals surface area contributed by atoms with E-state index in [9.17, 15) is 0 Å². The van der Waals surface area contributed by atoms with Crippen LogP contribution in [0.1, 0.15) is 32.6 Å². The fourth-order valence-corrected chi connectivity index (χ4v) is 1.55. The summed E-state index contributed by atoms with van der Waals surface area (Å²) in [6.45, 7) is 3.29. The summed E-state index contributed by atoms with van der Waals surface area (Å²) in [6.07, 6.45) is 7.06. The molecule has 2 rings (SSSR count). The second kappa shape index (κ2) is 3.01. The lowest BCUT2D eigenvalue weighted by molar-refractivity contribution is 0.446.